The Labute approximate surface area is 45.9 Å². The van der Waals surface area contributed by atoms with E-state index < -0.39 is 0 Å². The van der Waals surface area contributed by atoms with Crippen LogP contribution in [0.2, 0.25) is 0 Å². The quantitative estimate of drug-likeness (QED) is 0.501. The van der Waals surface area contributed by atoms with E-state index in [9.17, 15) is 0 Å². The molecule has 4 heteroatoms. The van der Waals surface area contributed by atoms with Gasteiger partial charge >= 0.3 is 0 Å². The molecule has 7 heavy (non-hydrogen) atoms. The Morgan fingerprint density at radius 2 is 2.00 bits per heavy atom. The summed E-state index contributed by atoms with van der Waals surface area (Å²) >= 11 is 5.35. The Morgan fingerprint density at radius 1 is 1.43 bits per heavy atom. The van der Waals surface area contributed by atoms with Crippen LogP contribution in [0.3, 0.4) is 0 Å². The molecule has 0 aromatic carbocycles. The van der Waals surface area contributed by atoms with Crippen LogP contribution in [0.4, 0.5) is 0 Å². The van der Waals surface area contributed by atoms with Crippen LogP contribution in [0.25, 0.3) is 0 Å². The van der Waals surface area contributed by atoms with Crippen LogP contribution in [0, 0.1) is 0 Å². The first-order chi connectivity index (χ1) is 3.43. The van der Waals surface area contributed by atoms with Crippen LogP contribution in [0.5, 0.6) is 0 Å². The van der Waals surface area contributed by atoms with Crippen LogP contribution in [-0.2, 0) is 6.00 Å². The highest BCUT2D eigenvalue weighted by atomic mass is 35.5. The zero-order valence-corrected chi connectivity index (χ0v) is 4.34. The lowest BCUT2D eigenvalue weighted by Gasteiger charge is -1.83. The second-order valence-electron chi connectivity index (χ2n) is 1.10. The molecule has 0 N–H and O–H groups in total. The summed E-state index contributed by atoms with van der Waals surface area (Å²) in [6, 6.07) is 0.424. The van der Waals surface area contributed by atoms with Crippen molar-refractivity contribution in [2.24, 2.45) is 0 Å². The van der Waals surface area contributed by atoms with E-state index in [1.165, 1.54) is 0 Å². The molecule has 0 bridgehead atoms. The largest absolute Gasteiger partial charge is 0.306 e. The highest BCUT2D eigenvalue weighted by molar-refractivity contribution is 6.15. The third kappa shape index (κ3) is 0.899. The van der Waals surface area contributed by atoms with E-state index >= 15 is 0 Å². The summed E-state index contributed by atoms with van der Waals surface area (Å²) in [6.07, 6.45) is 3.12. The fraction of sp³-hybridized carbons (Fsp3) is 0.333. The zero-order valence-electron chi connectivity index (χ0n) is 3.58. The Hall–Kier alpha value is -0.570. The van der Waals surface area contributed by atoms with E-state index in [0.29, 0.717) is 6.00 Å². The molecule has 0 amide bonds. The van der Waals surface area contributed by atoms with Crippen molar-refractivity contribution in [3.05, 3.63) is 12.7 Å². The Bertz CT molecular complexity index is 125. The SMILES string of the molecule is ClCn1cnnc1. The first kappa shape index (κ1) is 4.59. The molecule has 0 aliphatic rings. The normalized spacial score (nSPS) is 9.29. The van der Waals surface area contributed by atoms with E-state index in [2.05, 4.69) is 10.2 Å². The van der Waals surface area contributed by atoms with Crippen molar-refractivity contribution in [3.8, 4) is 0 Å². The summed E-state index contributed by atoms with van der Waals surface area (Å²) in [4.78, 5) is 0. The van der Waals surface area contributed by atoms with Crippen molar-refractivity contribution < 1.29 is 0 Å². The molecule has 0 fully saturated rings. The molecule has 1 aromatic rings. The van der Waals surface area contributed by atoms with Gasteiger partial charge in [0.05, 0.1) is 6.00 Å². The number of nitrogens with zero attached hydrogens (tertiary/aromatic N) is 3. The van der Waals surface area contributed by atoms with E-state index in [4.69, 9.17) is 11.6 Å². The molecular formula is C3H4ClN3. The number of hydrogen-bond donors (Lipinski definition) is 0. The molecule has 0 saturated carbocycles. The highest BCUT2D eigenvalue weighted by Gasteiger charge is 1.80. The molecule has 3 nitrogen and oxygen atoms in total. The van der Waals surface area contributed by atoms with Crippen molar-refractivity contribution in [2.45, 2.75) is 6.00 Å². The second-order valence-corrected chi connectivity index (χ2v) is 1.33. The van der Waals surface area contributed by atoms with Gasteiger partial charge in [0.2, 0.25) is 0 Å². The van der Waals surface area contributed by atoms with Crippen molar-refractivity contribution in [3.63, 3.8) is 0 Å². The van der Waals surface area contributed by atoms with Crippen molar-refractivity contribution in [2.75, 3.05) is 0 Å². The van der Waals surface area contributed by atoms with Crippen LogP contribution in [0.1, 0.15) is 0 Å². The maximum absolute atomic E-state index is 5.35. The summed E-state index contributed by atoms with van der Waals surface area (Å²) in [5.41, 5.74) is 0. The molecule has 0 atom stereocenters. The fourth-order valence-electron chi connectivity index (χ4n) is 0.284. The molecule has 38 valence electrons. The summed E-state index contributed by atoms with van der Waals surface area (Å²) in [5.74, 6) is 0. The lowest BCUT2D eigenvalue weighted by Crippen LogP contribution is -1.83. The first-order valence-electron chi connectivity index (χ1n) is 1.82. The van der Waals surface area contributed by atoms with Crippen LogP contribution in [-0.4, -0.2) is 14.8 Å². The monoisotopic (exact) mass is 117 g/mol. The number of hydrogen-bond acceptors (Lipinski definition) is 2. The third-order valence-corrected chi connectivity index (χ3v) is 0.881. The minimum atomic E-state index is 0.424. The van der Waals surface area contributed by atoms with Crippen molar-refractivity contribution >= 4 is 11.6 Å². The first-order valence-corrected chi connectivity index (χ1v) is 2.35. The molecule has 0 saturated heterocycles. The topological polar surface area (TPSA) is 30.7 Å². The summed E-state index contributed by atoms with van der Waals surface area (Å²) in [7, 11) is 0. The van der Waals surface area contributed by atoms with Gasteiger partial charge in [0, 0.05) is 0 Å². The van der Waals surface area contributed by atoms with Gasteiger partial charge in [-0.1, -0.05) is 0 Å². The smallest absolute Gasteiger partial charge is 0.120 e. The Balaban J connectivity index is 2.76. The number of alkyl halides is 1. The molecule has 0 radical (unpaired) electrons. The van der Waals surface area contributed by atoms with Gasteiger partial charge in [-0.15, -0.1) is 21.8 Å². The highest BCUT2D eigenvalue weighted by Crippen LogP contribution is 1.83. The van der Waals surface area contributed by atoms with E-state index in [-0.39, 0.29) is 0 Å². The Morgan fingerprint density at radius 3 is 2.29 bits per heavy atom. The molecule has 0 spiro atoms. The molecule has 1 rings (SSSR count). The third-order valence-electron chi connectivity index (χ3n) is 0.605. The molecule has 1 heterocycles. The molecule has 0 aliphatic heterocycles. The van der Waals surface area contributed by atoms with Gasteiger partial charge in [-0.2, -0.15) is 0 Å². The lowest BCUT2D eigenvalue weighted by molar-refractivity contribution is 0.877. The number of rotatable bonds is 1. The summed E-state index contributed by atoms with van der Waals surface area (Å²) in [5, 5.41) is 7.04. The second kappa shape index (κ2) is 1.93. The average molecular weight is 118 g/mol. The van der Waals surface area contributed by atoms with Gasteiger partial charge < -0.3 is 4.57 Å². The molecular weight excluding hydrogens is 114 g/mol. The van der Waals surface area contributed by atoms with Gasteiger partial charge in [-0.25, -0.2) is 0 Å². The minimum Gasteiger partial charge on any atom is -0.306 e. The fourth-order valence-corrected chi connectivity index (χ4v) is 0.407. The molecule has 0 aliphatic carbocycles. The zero-order chi connectivity index (χ0) is 5.11. The maximum Gasteiger partial charge on any atom is 0.120 e. The van der Waals surface area contributed by atoms with Gasteiger partial charge in [0.1, 0.15) is 12.7 Å². The number of halogens is 1. The van der Waals surface area contributed by atoms with Crippen LogP contribution < -0.4 is 0 Å². The Kier molecular flexibility index (Phi) is 1.26. The molecule has 1 aromatic heterocycles. The van der Waals surface area contributed by atoms with E-state index in [1.54, 1.807) is 17.2 Å². The maximum atomic E-state index is 5.35. The lowest BCUT2D eigenvalue weighted by atomic mass is 11.1. The van der Waals surface area contributed by atoms with Crippen LogP contribution >= 0.6 is 11.6 Å². The van der Waals surface area contributed by atoms with E-state index in [0.717, 1.165) is 0 Å². The molecule has 0 unspecified atom stereocenters. The van der Waals surface area contributed by atoms with Gasteiger partial charge in [0.25, 0.3) is 0 Å². The average Bonchev–Trinajstić information content (AvgIpc) is 2.14. The predicted octanol–water partition coefficient (Wildman–Crippen LogP) is 0.474. The van der Waals surface area contributed by atoms with Gasteiger partial charge in [-0.05, 0) is 0 Å². The standard InChI is InChI=1S/C3H4ClN3/c4-1-7-2-5-6-3-7/h2-3H,1H2. The minimum absolute atomic E-state index is 0.424. The summed E-state index contributed by atoms with van der Waals surface area (Å²) in [6.45, 7) is 0. The van der Waals surface area contributed by atoms with Crippen molar-refractivity contribution in [1.82, 2.24) is 14.8 Å². The number of aromatic nitrogens is 3. The van der Waals surface area contributed by atoms with Crippen molar-refractivity contribution in [1.29, 1.82) is 0 Å². The van der Waals surface area contributed by atoms with Gasteiger partial charge in [0.15, 0.2) is 0 Å². The predicted molar refractivity (Wildman–Crippen MR) is 25.9 cm³/mol. The van der Waals surface area contributed by atoms with Gasteiger partial charge in [-0.3, -0.25) is 0 Å². The van der Waals surface area contributed by atoms with E-state index in [1.807, 2.05) is 0 Å². The summed E-state index contributed by atoms with van der Waals surface area (Å²) < 4.78 is 1.67. The van der Waals surface area contributed by atoms with Crippen LogP contribution in [0.15, 0.2) is 12.7 Å².